The first-order chi connectivity index (χ1) is 16.0. The molecule has 1 aromatic carbocycles. The van der Waals surface area contributed by atoms with Crippen LogP contribution in [0.1, 0.15) is 55.1 Å². The molecule has 1 aliphatic carbocycles. The van der Waals surface area contributed by atoms with Crippen molar-refractivity contribution in [1.29, 1.82) is 0 Å². The third-order valence-electron chi connectivity index (χ3n) is 6.64. The number of benzene rings is 1. The predicted octanol–water partition coefficient (Wildman–Crippen LogP) is 3.04. The zero-order chi connectivity index (χ0) is 22.9. The normalized spacial score (nSPS) is 22.3. The molecule has 1 atom stereocenters. The van der Waals surface area contributed by atoms with Gasteiger partial charge in [0.05, 0.1) is 11.7 Å². The maximum absolute atomic E-state index is 12.8. The maximum Gasteiger partial charge on any atom is 0.267 e. The van der Waals surface area contributed by atoms with Crippen LogP contribution in [-0.2, 0) is 11.2 Å². The molecule has 0 spiro atoms. The fourth-order valence-corrected chi connectivity index (χ4v) is 4.92. The van der Waals surface area contributed by atoms with Crippen LogP contribution in [0, 0.1) is 13.8 Å². The number of aromatic nitrogens is 4. The highest BCUT2D eigenvalue weighted by atomic mass is 16.5. The smallest absolute Gasteiger partial charge is 0.267 e. The van der Waals surface area contributed by atoms with Crippen molar-refractivity contribution >= 4 is 5.91 Å². The summed E-state index contributed by atoms with van der Waals surface area (Å²) < 4.78 is 9.28. The van der Waals surface area contributed by atoms with Crippen LogP contribution in [0.3, 0.4) is 0 Å². The van der Waals surface area contributed by atoms with Crippen molar-refractivity contribution in [1.82, 2.24) is 24.9 Å². The van der Waals surface area contributed by atoms with Crippen molar-refractivity contribution in [2.24, 2.45) is 0 Å². The number of aryl methyl sites for hydroxylation is 3. The summed E-state index contributed by atoms with van der Waals surface area (Å²) in [7, 11) is 0. The fraction of sp³-hybridized carbons (Fsp3) is 0.440. The van der Waals surface area contributed by atoms with E-state index in [4.69, 9.17) is 4.74 Å². The first kappa shape index (κ1) is 21.4. The van der Waals surface area contributed by atoms with E-state index < -0.39 is 6.10 Å². The monoisotopic (exact) mass is 447 g/mol. The van der Waals surface area contributed by atoms with E-state index >= 15 is 0 Å². The molecule has 5 rings (SSSR count). The number of nitrogens with zero attached hydrogens (tertiary/aromatic N) is 4. The molecule has 8 heteroatoms. The summed E-state index contributed by atoms with van der Waals surface area (Å²) >= 11 is 0. The molecule has 1 saturated carbocycles. The lowest BCUT2D eigenvalue weighted by Crippen LogP contribution is -2.46. The van der Waals surface area contributed by atoms with E-state index in [-0.39, 0.29) is 23.6 Å². The Morgan fingerprint density at radius 1 is 1.03 bits per heavy atom. The van der Waals surface area contributed by atoms with Gasteiger partial charge in [0.1, 0.15) is 5.75 Å². The molecule has 8 nitrogen and oxygen atoms in total. The topological polar surface area (TPSA) is 91.0 Å². The summed E-state index contributed by atoms with van der Waals surface area (Å²) in [4.78, 5) is 25.3. The molecule has 1 amide bonds. The van der Waals surface area contributed by atoms with Crippen LogP contribution in [0.2, 0.25) is 0 Å². The minimum absolute atomic E-state index is 0.0142. The molecule has 1 aliphatic heterocycles. The van der Waals surface area contributed by atoms with Gasteiger partial charge in [-0.1, -0.05) is 18.2 Å². The zero-order valence-corrected chi connectivity index (χ0v) is 19.0. The Labute approximate surface area is 192 Å². The van der Waals surface area contributed by atoms with Gasteiger partial charge >= 0.3 is 0 Å². The number of para-hydroxylation sites is 1. The molecule has 2 aliphatic rings. The van der Waals surface area contributed by atoms with Crippen molar-refractivity contribution in [2.45, 2.75) is 70.6 Å². The molecule has 2 aromatic heterocycles. The number of hydrogen-bond donors (Lipinski definition) is 1. The quantitative estimate of drug-likeness (QED) is 0.664. The average molecular weight is 448 g/mol. The molecule has 0 radical (unpaired) electrons. The Bertz CT molecular complexity index is 1220. The van der Waals surface area contributed by atoms with Gasteiger partial charge in [-0.15, -0.1) is 5.10 Å². The SMILES string of the molecule is Cc1cc(C)n(-c2ccc(=O)n(C3CCC(NC(=O)C4CCc5ccccc5O4)CC3)n2)n1. The van der Waals surface area contributed by atoms with Gasteiger partial charge < -0.3 is 10.1 Å². The predicted molar refractivity (Wildman–Crippen MR) is 124 cm³/mol. The number of fused-ring (bicyclic) bond motifs is 1. The van der Waals surface area contributed by atoms with Crippen molar-refractivity contribution in [3.63, 3.8) is 0 Å². The molecule has 0 bridgehead atoms. The summed E-state index contributed by atoms with van der Waals surface area (Å²) in [5.41, 5.74) is 2.93. The number of amides is 1. The molecule has 33 heavy (non-hydrogen) atoms. The molecule has 172 valence electrons. The Balaban J connectivity index is 1.21. The van der Waals surface area contributed by atoms with E-state index in [1.54, 1.807) is 21.5 Å². The second-order valence-corrected chi connectivity index (χ2v) is 9.08. The average Bonchev–Trinajstić information content (AvgIpc) is 3.17. The third-order valence-corrected chi connectivity index (χ3v) is 6.64. The lowest BCUT2D eigenvalue weighted by molar-refractivity contribution is -0.129. The van der Waals surface area contributed by atoms with Gasteiger partial charge in [0.15, 0.2) is 11.9 Å². The number of nitrogens with one attached hydrogen (secondary N) is 1. The second-order valence-electron chi connectivity index (χ2n) is 9.08. The van der Waals surface area contributed by atoms with E-state index in [1.807, 2.05) is 44.2 Å². The third kappa shape index (κ3) is 4.42. The van der Waals surface area contributed by atoms with Crippen molar-refractivity contribution in [2.75, 3.05) is 0 Å². The number of hydrogen-bond acceptors (Lipinski definition) is 5. The summed E-state index contributed by atoms with van der Waals surface area (Å²) in [6, 6.07) is 13.3. The molecule has 0 saturated heterocycles. The summed E-state index contributed by atoms with van der Waals surface area (Å²) in [6.45, 7) is 3.91. The standard InChI is InChI=1S/C25H29N5O3/c1-16-15-17(2)29(27-16)23-13-14-24(31)30(28-23)20-10-8-19(9-11-20)26-25(32)22-12-7-18-5-3-4-6-21(18)33-22/h3-6,13-15,19-20,22H,7-12H2,1-2H3,(H,26,32). The van der Waals surface area contributed by atoms with Crippen molar-refractivity contribution in [3.05, 3.63) is 69.8 Å². The minimum Gasteiger partial charge on any atom is -0.480 e. The van der Waals surface area contributed by atoms with E-state index in [0.717, 1.165) is 54.8 Å². The molecular formula is C25H29N5O3. The zero-order valence-electron chi connectivity index (χ0n) is 19.0. The minimum atomic E-state index is -0.445. The van der Waals surface area contributed by atoms with Crippen LogP contribution >= 0.6 is 0 Å². The molecule has 3 aromatic rings. The van der Waals surface area contributed by atoms with Gasteiger partial charge in [-0.05, 0) is 76.1 Å². The Hall–Kier alpha value is -3.42. The molecule has 1 fully saturated rings. The fourth-order valence-electron chi connectivity index (χ4n) is 4.92. The van der Waals surface area contributed by atoms with Crippen molar-refractivity contribution < 1.29 is 9.53 Å². The first-order valence-corrected chi connectivity index (χ1v) is 11.7. The number of ether oxygens (including phenoxy) is 1. The van der Waals surface area contributed by atoms with Gasteiger partial charge in [0.25, 0.3) is 11.5 Å². The number of rotatable bonds is 4. The van der Waals surface area contributed by atoms with E-state index in [2.05, 4.69) is 15.5 Å². The van der Waals surface area contributed by atoms with Crippen LogP contribution < -0.4 is 15.6 Å². The van der Waals surface area contributed by atoms with Crippen LogP contribution in [0.25, 0.3) is 5.82 Å². The van der Waals surface area contributed by atoms with Gasteiger partial charge in [0, 0.05) is 17.8 Å². The van der Waals surface area contributed by atoms with Gasteiger partial charge in [-0.3, -0.25) is 9.59 Å². The first-order valence-electron chi connectivity index (χ1n) is 11.7. The highest BCUT2D eigenvalue weighted by Gasteiger charge is 2.30. The molecular weight excluding hydrogens is 418 g/mol. The summed E-state index contributed by atoms with van der Waals surface area (Å²) in [5.74, 6) is 1.40. The molecule has 1 unspecified atom stereocenters. The van der Waals surface area contributed by atoms with Gasteiger partial charge in [-0.25, -0.2) is 9.36 Å². The number of carbonyl (C=O) groups is 1. The van der Waals surface area contributed by atoms with Crippen molar-refractivity contribution in [3.8, 4) is 11.6 Å². The highest BCUT2D eigenvalue weighted by molar-refractivity contribution is 5.81. The van der Waals surface area contributed by atoms with E-state index in [0.29, 0.717) is 12.2 Å². The lowest BCUT2D eigenvalue weighted by Gasteiger charge is -2.31. The van der Waals surface area contributed by atoms with Crippen LogP contribution in [0.15, 0.2) is 47.3 Å². The largest absolute Gasteiger partial charge is 0.480 e. The van der Waals surface area contributed by atoms with Crippen LogP contribution in [0.4, 0.5) is 0 Å². The Morgan fingerprint density at radius 3 is 2.58 bits per heavy atom. The lowest BCUT2D eigenvalue weighted by atomic mass is 9.91. The Kier molecular flexibility index (Phi) is 5.74. The van der Waals surface area contributed by atoms with E-state index in [9.17, 15) is 9.59 Å². The second kappa shape index (κ2) is 8.84. The van der Waals surface area contributed by atoms with Crippen LogP contribution in [0.5, 0.6) is 5.75 Å². The summed E-state index contributed by atoms with van der Waals surface area (Å²) in [6.07, 6.45) is 4.27. The molecule has 1 N–H and O–H groups in total. The summed E-state index contributed by atoms with van der Waals surface area (Å²) in [5, 5.41) is 12.3. The molecule has 3 heterocycles. The van der Waals surface area contributed by atoms with Crippen LogP contribution in [-0.4, -0.2) is 37.6 Å². The highest BCUT2D eigenvalue weighted by Crippen LogP contribution is 2.29. The number of carbonyl (C=O) groups excluding carboxylic acids is 1. The maximum atomic E-state index is 12.8. The van der Waals surface area contributed by atoms with Gasteiger partial charge in [0.2, 0.25) is 0 Å². The Morgan fingerprint density at radius 2 is 1.82 bits per heavy atom. The van der Waals surface area contributed by atoms with E-state index in [1.165, 1.54) is 0 Å². The van der Waals surface area contributed by atoms with Gasteiger partial charge in [-0.2, -0.15) is 5.10 Å².